The summed E-state index contributed by atoms with van der Waals surface area (Å²) in [6, 6.07) is 17.5. The van der Waals surface area contributed by atoms with Crippen LogP contribution in [0.1, 0.15) is 32.8 Å². The van der Waals surface area contributed by atoms with E-state index < -0.39 is 0 Å². The first kappa shape index (κ1) is 22.4. The summed E-state index contributed by atoms with van der Waals surface area (Å²) < 4.78 is 13.5. The van der Waals surface area contributed by atoms with Gasteiger partial charge in [0.1, 0.15) is 5.69 Å². The molecule has 0 radical (unpaired) electrons. The molecule has 0 aliphatic carbocycles. The molecule has 0 atom stereocenters. The molecule has 3 rings (SSSR count). The first-order valence-corrected chi connectivity index (χ1v) is 10.6. The van der Waals surface area contributed by atoms with Crippen LogP contribution in [0.2, 0.25) is 0 Å². The maximum absolute atomic E-state index is 12.7. The average molecular weight is 422 g/mol. The topological polar surface area (TPSA) is 56.6 Å². The second kappa shape index (κ2) is 10.2. The van der Waals surface area contributed by atoms with Crippen LogP contribution in [-0.4, -0.2) is 34.2 Å². The standard InChI is InChI=1S/C25H31N3O3/c1-6-23(29)28(16-18(2)3)17-20-24(19-12-8-7-9-13-19)26-27(4)25(20)31-22-15-11-10-14-21(22)30-5/h7-15,18H,6,16-17H2,1-5H3. The summed E-state index contributed by atoms with van der Waals surface area (Å²) >= 11 is 0. The molecule has 1 aromatic heterocycles. The van der Waals surface area contributed by atoms with Gasteiger partial charge in [0.2, 0.25) is 11.8 Å². The van der Waals surface area contributed by atoms with Gasteiger partial charge in [-0.3, -0.25) is 4.79 Å². The van der Waals surface area contributed by atoms with Crippen molar-refractivity contribution in [2.75, 3.05) is 13.7 Å². The Kier molecular flexibility index (Phi) is 7.34. The number of carbonyl (C=O) groups is 1. The summed E-state index contributed by atoms with van der Waals surface area (Å²) in [4.78, 5) is 14.6. The van der Waals surface area contributed by atoms with Gasteiger partial charge < -0.3 is 14.4 Å². The van der Waals surface area contributed by atoms with E-state index in [1.807, 2.05) is 73.5 Å². The van der Waals surface area contributed by atoms with Crippen molar-refractivity contribution in [2.24, 2.45) is 13.0 Å². The number of benzene rings is 2. The molecule has 2 aromatic carbocycles. The van der Waals surface area contributed by atoms with Crippen LogP contribution in [-0.2, 0) is 18.4 Å². The number of para-hydroxylation sites is 2. The number of ether oxygens (including phenoxy) is 2. The molecule has 1 heterocycles. The summed E-state index contributed by atoms with van der Waals surface area (Å²) in [6.45, 7) is 7.22. The van der Waals surface area contributed by atoms with E-state index in [9.17, 15) is 4.79 Å². The first-order chi connectivity index (χ1) is 14.9. The smallest absolute Gasteiger partial charge is 0.223 e. The normalized spacial score (nSPS) is 10.9. The molecule has 0 aliphatic rings. The number of hydrogen-bond acceptors (Lipinski definition) is 4. The Balaban J connectivity index is 2.10. The van der Waals surface area contributed by atoms with Gasteiger partial charge in [-0.05, 0) is 18.1 Å². The Morgan fingerprint density at radius 3 is 2.32 bits per heavy atom. The van der Waals surface area contributed by atoms with Crippen LogP contribution in [0.15, 0.2) is 54.6 Å². The van der Waals surface area contributed by atoms with Gasteiger partial charge in [-0.1, -0.05) is 63.2 Å². The molecule has 0 unspecified atom stereocenters. The third-order valence-corrected chi connectivity index (χ3v) is 5.00. The predicted molar refractivity (Wildman–Crippen MR) is 122 cm³/mol. The minimum atomic E-state index is 0.111. The molecule has 0 fully saturated rings. The van der Waals surface area contributed by atoms with Crippen LogP contribution < -0.4 is 9.47 Å². The van der Waals surface area contributed by atoms with E-state index in [1.165, 1.54) is 0 Å². The number of hydrogen-bond donors (Lipinski definition) is 0. The van der Waals surface area contributed by atoms with E-state index >= 15 is 0 Å². The van der Waals surface area contributed by atoms with Crippen molar-refractivity contribution in [3.8, 4) is 28.6 Å². The predicted octanol–water partition coefficient (Wildman–Crippen LogP) is 5.28. The fraction of sp³-hybridized carbons (Fsp3) is 0.360. The first-order valence-electron chi connectivity index (χ1n) is 10.6. The number of rotatable bonds is 9. The minimum Gasteiger partial charge on any atom is -0.493 e. The number of carbonyl (C=O) groups excluding carboxylic acids is 1. The molecule has 164 valence electrons. The van der Waals surface area contributed by atoms with Crippen LogP contribution in [0.3, 0.4) is 0 Å². The lowest BCUT2D eigenvalue weighted by atomic mass is 10.1. The fourth-order valence-corrected chi connectivity index (χ4v) is 3.57. The molecule has 0 spiro atoms. The average Bonchev–Trinajstić information content (AvgIpc) is 3.08. The molecule has 0 N–H and O–H groups in total. The van der Waals surface area contributed by atoms with Crippen molar-refractivity contribution in [3.05, 3.63) is 60.2 Å². The lowest BCUT2D eigenvalue weighted by Gasteiger charge is -2.25. The molecule has 0 bridgehead atoms. The van der Waals surface area contributed by atoms with E-state index in [-0.39, 0.29) is 5.91 Å². The van der Waals surface area contributed by atoms with Gasteiger partial charge in [-0.25, -0.2) is 4.68 Å². The zero-order valence-electron chi connectivity index (χ0n) is 19.0. The van der Waals surface area contributed by atoms with Gasteiger partial charge in [0, 0.05) is 25.6 Å². The van der Waals surface area contributed by atoms with Gasteiger partial charge in [0.15, 0.2) is 11.5 Å². The highest BCUT2D eigenvalue weighted by Gasteiger charge is 2.25. The van der Waals surface area contributed by atoms with Crippen molar-refractivity contribution in [1.82, 2.24) is 14.7 Å². The van der Waals surface area contributed by atoms with E-state index in [2.05, 4.69) is 13.8 Å². The zero-order valence-corrected chi connectivity index (χ0v) is 19.0. The van der Waals surface area contributed by atoms with Gasteiger partial charge in [-0.2, -0.15) is 5.10 Å². The molecular weight excluding hydrogens is 390 g/mol. The summed E-state index contributed by atoms with van der Waals surface area (Å²) in [5, 5.41) is 4.76. The highest BCUT2D eigenvalue weighted by molar-refractivity contribution is 5.76. The van der Waals surface area contributed by atoms with Gasteiger partial charge in [-0.15, -0.1) is 0 Å². The molecule has 1 amide bonds. The highest BCUT2D eigenvalue weighted by Crippen LogP contribution is 2.37. The Morgan fingerprint density at radius 1 is 1.06 bits per heavy atom. The van der Waals surface area contributed by atoms with Crippen LogP contribution in [0, 0.1) is 5.92 Å². The maximum Gasteiger partial charge on any atom is 0.223 e. The van der Waals surface area contributed by atoms with Gasteiger partial charge in [0.25, 0.3) is 0 Å². The molecular formula is C25H31N3O3. The second-order valence-corrected chi connectivity index (χ2v) is 7.90. The number of aryl methyl sites for hydroxylation is 1. The van der Waals surface area contributed by atoms with Crippen LogP contribution >= 0.6 is 0 Å². The molecule has 0 aliphatic heterocycles. The Bertz CT molecular complexity index is 1010. The Labute approximate surface area is 184 Å². The summed E-state index contributed by atoms with van der Waals surface area (Å²) in [5.74, 6) is 2.30. The minimum absolute atomic E-state index is 0.111. The summed E-state index contributed by atoms with van der Waals surface area (Å²) in [5.41, 5.74) is 2.67. The molecule has 0 saturated carbocycles. The van der Waals surface area contributed by atoms with E-state index in [4.69, 9.17) is 14.6 Å². The monoisotopic (exact) mass is 421 g/mol. The van der Waals surface area contributed by atoms with Crippen molar-refractivity contribution in [2.45, 2.75) is 33.7 Å². The van der Waals surface area contributed by atoms with Crippen molar-refractivity contribution in [3.63, 3.8) is 0 Å². The number of methoxy groups -OCH3 is 1. The molecule has 0 saturated heterocycles. The summed E-state index contributed by atoms with van der Waals surface area (Å²) in [7, 11) is 3.47. The highest BCUT2D eigenvalue weighted by atomic mass is 16.5. The van der Waals surface area contributed by atoms with Gasteiger partial charge in [0.05, 0.1) is 19.2 Å². The third kappa shape index (κ3) is 5.26. The number of amides is 1. The molecule has 3 aromatic rings. The lowest BCUT2D eigenvalue weighted by molar-refractivity contribution is -0.132. The number of nitrogens with zero attached hydrogens (tertiary/aromatic N) is 3. The summed E-state index contributed by atoms with van der Waals surface area (Å²) in [6.07, 6.45) is 0.455. The Morgan fingerprint density at radius 2 is 1.71 bits per heavy atom. The van der Waals surface area contributed by atoms with Crippen LogP contribution in [0.4, 0.5) is 0 Å². The molecule has 31 heavy (non-hydrogen) atoms. The van der Waals surface area contributed by atoms with Crippen LogP contribution in [0.25, 0.3) is 11.3 Å². The lowest BCUT2D eigenvalue weighted by Crippen LogP contribution is -2.33. The van der Waals surface area contributed by atoms with Crippen LogP contribution in [0.5, 0.6) is 17.4 Å². The van der Waals surface area contributed by atoms with Crippen molar-refractivity contribution < 1.29 is 14.3 Å². The SMILES string of the molecule is CCC(=O)N(Cc1c(-c2ccccc2)nn(C)c1Oc1ccccc1OC)CC(C)C. The van der Waals surface area contributed by atoms with Gasteiger partial charge >= 0.3 is 0 Å². The number of aromatic nitrogens is 2. The largest absolute Gasteiger partial charge is 0.493 e. The van der Waals surface area contributed by atoms with E-state index in [0.717, 1.165) is 16.8 Å². The van der Waals surface area contributed by atoms with E-state index in [0.29, 0.717) is 42.8 Å². The Hall–Kier alpha value is -3.28. The van der Waals surface area contributed by atoms with Crippen molar-refractivity contribution >= 4 is 5.91 Å². The van der Waals surface area contributed by atoms with E-state index in [1.54, 1.807) is 11.8 Å². The molecule has 6 heteroatoms. The zero-order chi connectivity index (χ0) is 22.4. The van der Waals surface area contributed by atoms with Crippen molar-refractivity contribution in [1.29, 1.82) is 0 Å². The fourth-order valence-electron chi connectivity index (χ4n) is 3.57. The maximum atomic E-state index is 12.7. The molecule has 6 nitrogen and oxygen atoms in total. The third-order valence-electron chi connectivity index (χ3n) is 5.00. The second-order valence-electron chi connectivity index (χ2n) is 7.90. The quantitative estimate of drug-likeness (QED) is 0.471.